The van der Waals surface area contributed by atoms with E-state index in [0.29, 0.717) is 17.0 Å². The molecule has 2 aromatic rings. The summed E-state index contributed by atoms with van der Waals surface area (Å²) in [6.07, 6.45) is 6.70. The van der Waals surface area contributed by atoms with Crippen LogP contribution in [0.1, 0.15) is 51.9 Å². The van der Waals surface area contributed by atoms with Crippen LogP contribution in [0.25, 0.3) is 11.0 Å². The Morgan fingerprint density at radius 2 is 1.81 bits per heavy atom. The van der Waals surface area contributed by atoms with Gasteiger partial charge in [-0.25, -0.2) is 4.98 Å². The normalized spacial score (nSPS) is 22.5. The number of alkyl halides is 1. The van der Waals surface area contributed by atoms with Crippen LogP contribution >= 0.6 is 0 Å². The van der Waals surface area contributed by atoms with Gasteiger partial charge in [-0.15, -0.1) is 0 Å². The first-order valence-corrected chi connectivity index (χ1v) is 11.0. The molecule has 31 heavy (non-hydrogen) atoms. The van der Waals surface area contributed by atoms with Crippen molar-refractivity contribution < 1.29 is 27.8 Å². The Bertz CT molecular complexity index is 923. The number of ether oxygens (including phenoxy) is 3. The Morgan fingerprint density at radius 1 is 1.16 bits per heavy atom. The van der Waals surface area contributed by atoms with E-state index >= 15 is 0 Å². The number of hydrogen-bond acceptors (Lipinski definition) is 6. The standard InChI is InChI=1S/C22H29F2N3O4/c1-13(28)9-14(10-23)12-29-15-3-5-17(6-4-15)31-22-26-18-11-25-21(30-16-7-8-16)19(24)20(18)27(22)2/h11,14-17H,3-10,12H2,1-2H3/t14-,15?,17?/m0/s1. The monoisotopic (exact) mass is 437 g/mol. The maximum absolute atomic E-state index is 14.9. The minimum atomic E-state index is -0.552. The molecule has 4 rings (SSSR count). The number of halogens is 2. The van der Waals surface area contributed by atoms with Crippen LogP contribution < -0.4 is 9.47 Å². The highest BCUT2D eigenvalue weighted by molar-refractivity contribution is 5.77. The molecular formula is C22H29F2N3O4. The summed E-state index contributed by atoms with van der Waals surface area (Å²) < 4.78 is 46.9. The van der Waals surface area contributed by atoms with Crippen molar-refractivity contribution in [2.75, 3.05) is 13.3 Å². The predicted molar refractivity (Wildman–Crippen MR) is 110 cm³/mol. The van der Waals surface area contributed by atoms with Crippen LogP contribution in [0.4, 0.5) is 8.78 Å². The largest absolute Gasteiger partial charge is 0.472 e. The van der Waals surface area contributed by atoms with E-state index in [1.165, 1.54) is 13.1 Å². The number of aromatic nitrogens is 3. The summed E-state index contributed by atoms with van der Waals surface area (Å²) >= 11 is 0. The Kier molecular flexibility index (Phi) is 6.69. The molecule has 2 heterocycles. The highest BCUT2D eigenvalue weighted by Gasteiger charge is 2.29. The van der Waals surface area contributed by atoms with Crippen molar-refractivity contribution >= 4 is 16.8 Å². The Morgan fingerprint density at radius 3 is 2.45 bits per heavy atom. The molecule has 0 unspecified atom stereocenters. The van der Waals surface area contributed by atoms with Gasteiger partial charge < -0.3 is 19.0 Å². The zero-order valence-electron chi connectivity index (χ0n) is 18.0. The molecule has 2 fully saturated rings. The first-order valence-electron chi connectivity index (χ1n) is 11.0. The number of carbonyl (C=O) groups excluding carboxylic acids is 1. The summed E-state index contributed by atoms with van der Waals surface area (Å²) in [4.78, 5) is 19.6. The molecule has 0 aliphatic heterocycles. The van der Waals surface area contributed by atoms with Crippen LogP contribution in [0.5, 0.6) is 11.9 Å². The first-order chi connectivity index (χ1) is 14.9. The van der Waals surface area contributed by atoms with E-state index < -0.39 is 12.5 Å². The topological polar surface area (TPSA) is 75.5 Å². The second kappa shape index (κ2) is 9.46. The van der Waals surface area contributed by atoms with Crippen molar-refractivity contribution in [3.05, 3.63) is 12.0 Å². The fraction of sp³-hybridized carbons (Fsp3) is 0.682. The van der Waals surface area contributed by atoms with E-state index in [9.17, 15) is 13.6 Å². The predicted octanol–water partition coefficient (Wildman–Crippen LogP) is 3.92. The van der Waals surface area contributed by atoms with E-state index in [2.05, 4.69) is 9.97 Å². The molecule has 2 aromatic heterocycles. The summed E-state index contributed by atoms with van der Waals surface area (Å²) in [6.45, 7) is 1.17. The lowest BCUT2D eigenvalue weighted by Gasteiger charge is -2.29. The number of pyridine rings is 1. The Hall–Kier alpha value is -2.29. The highest BCUT2D eigenvalue weighted by Crippen LogP contribution is 2.32. The van der Waals surface area contributed by atoms with Gasteiger partial charge in [-0.2, -0.15) is 9.37 Å². The number of hydrogen-bond donors (Lipinski definition) is 0. The molecule has 0 bridgehead atoms. The smallest absolute Gasteiger partial charge is 0.297 e. The van der Waals surface area contributed by atoms with E-state index in [1.807, 2.05) is 0 Å². The SMILES string of the molecule is CC(=O)C[C@@H](CF)COC1CCC(Oc2nc3cnc(OC4CC4)c(F)c3n2C)CC1. The summed E-state index contributed by atoms with van der Waals surface area (Å²) in [6, 6.07) is 0.350. The molecule has 0 saturated heterocycles. The van der Waals surface area contributed by atoms with E-state index in [1.54, 1.807) is 11.6 Å². The van der Waals surface area contributed by atoms with Crippen LogP contribution in [-0.4, -0.2) is 51.9 Å². The molecule has 0 N–H and O–H groups in total. The molecule has 9 heteroatoms. The maximum atomic E-state index is 14.9. The minimum absolute atomic E-state index is 0.0126. The molecular weight excluding hydrogens is 408 g/mol. The van der Waals surface area contributed by atoms with Crippen molar-refractivity contribution in [2.24, 2.45) is 13.0 Å². The third-order valence-electron chi connectivity index (χ3n) is 5.84. The third kappa shape index (κ3) is 5.31. The van der Waals surface area contributed by atoms with Crippen LogP contribution in [0.3, 0.4) is 0 Å². The molecule has 2 aliphatic rings. The Labute approximate surface area is 180 Å². The first kappa shape index (κ1) is 21.9. The molecule has 170 valence electrons. The average molecular weight is 437 g/mol. The van der Waals surface area contributed by atoms with Crippen molar-refractivity contribution in [1.82, 2.24) is 14.5 Å². The number of ketones is 1. The number of Topliss-reactive ketones (excluding diaryl/α,β-unsaturated/α-hetero) is 1. The lowest BCUT2D eigenvalue weighted by molar-refractivity contribution is -0.119. The molecule has 1 atom stereocenters. The van der Waals surface area contributed by atoms with Crippen LogP contribution in [0, 0.1) is 11.7 Å². The maximum Gasteiger partial charge on any atom is 0.297 e. The van der Waals surface area contributed by atoms with Crippen molar-refractivity contribution in [3.63, 3.8) is 0 Å². The molecule has 0 amide bonds. The third-order valence-corrected chi connectivity index (χ3v) is 5.84. The summed E-state index contributed by atoms with van der Waals surface area (Å²) in [5.41, 5.74) is 0.748. The molecule has 7 nitrogen and oxygen atoms in total. The van der Waals surface area contributed by atoms with Gasteiger partial charge in [0.25, 0.3) is 11.9 Å². The lowest BCUT2D eigenvalue weighted by atomic mass is 9.94. The van der Waals surface area contributed by atoms with E-state index in [4.69, 9.17) is 14.2 Å². The van der Waals surface area contributed by atoms with Crippen molar-refractivity contribution in [1.29, 1.82) is 0 Å². The zero-order valence-corrected chi connectivity index (χ0v) is 18.0. The second-order valence-electron chi connectivity index (χ2n) is 8.66. The van der Waals surface area contributed by atoms with Crippen LogP contribution in [-0.2, 0) is 16.6 Å². The number of aryl methyl sites for hydroxylation is 1. The van der Waals surface area contributed by atoms with Gasteiger partial charge in [-0.1, -0.05) is 0 Å². The quantitative estimate of drug-likeness (QED) is 0.561. The number of nitrogens with zero attached hydrogens (tertiary/aromatic N) is 3. The second-order valence-corrected chi connectivity index (χ2v) is 8.66. The number of carbonyl (C=O) groups is 1. The van der Waals surface area contributed by atoms with Crippen LogP contribution in [0.2, 0.25) is 0 Å². The number of fused-ring (bicyclic) bond motifs is 1. The number of imidazole rings is 1. The molecule has 0 spiro atoms. The fourth-order valence-electron chi connectivity index (χ4n) is 3.96. The van der Waals surface area contributed by atoms with Gasteiger partial charge in [0.1, 0.15) is 29.0 Å². The van der Waals surface area contributed by atoms with E-state index in [-0.39, 0.29) is 48.9 Å². The van der Waals surface area contributed by atoms with Gasteiger partial charge in [-0.05, 0) is 45.4 Å². The fourth-order valence-corrected chi connectivity index (χ4v) is 3.96. The van der Waals surface area contributed by atoms with Gasteiger partial charge in [0.15, 0.2) is 0 Å². The molecule has 0 radical (unpaired) electrons. The summed E-state index contributed by atoms with van der Waals surface area (Å²) in [7, 11) is 1.72. The van der Waals surface area contributed by atoms with Gasteiger partial charge >= 0.3 is 0 Å². The van der Waals surface area contributed by atoms with Gasteiger partial charge in [0.2, 0.25) is 5.82 Å². The minimum Gasteiger partial charge on any atom is -0.472 e. The average Bonchev–Trinajstić information content (AvgIpc) is 3.51. The highest BCUT2D eigenvalue weighted by atomic mass is 19.1. The molecule has 2 saturated carbocycles. The lowest BCUT2D eigenvalue weighted by Crippen LogP contribution is -2.30. The zero-order chi connectivity index (χ0) is 22.0. The van der Waals surface area contributed by atoms with E-state index in [0.717, 1.165) is 38.5 Å². The Balaban J connectivity index is 1.32. The van der Waals surface area contributed by atoms with Gasteiger partial charge in [0.05, 0.1) is 25.6 Å². The molecule has 0 aromatic carbocycles. The van der Waals surface area contributed by atoms with Gasteiger partial charge in [0, 0.05) is 19.4 Å². The summed E-state index contributed by atoms with van der Waals surface area (Å²) in [5, 5.41) is 0. The van der Waals surface area contributed by atoms with Crippen molar-refractivity contribution in [3.8, 4) is 11.9 Å². The summed E-state index contributed by atoms with van der Waals surface area (Å²) in [5.74, 6) is -0.898. The molecule has 2 aliphatic carbocycles. The van der Waals surface area contributed by atoms with Crippen molar-refractivity contribution in [2.45, 2.75) is 70.2 Å². The number of rotatable bonds is 10. The van der Waals surface area contributed by atoms with Crippen LogP contribution in [0.15, 0.2) is 6.20 Å². The van der Waals surface area contributed by atoms with Gasteiger partial charge in [-0.3, -0.25) is 8.96 Å².